The SMILES string of the molecule is CC1(C)Cc2ccc(NC(=O)[C@@H](Cc3ccc(C(F)(F)F)cc3)NC(=O)[C@@H](N)CCC(=O)N(CCN)CCN)cc2B(O)O1. The molecule has 15 heteroatoms. The maximum Gasteiger partial charge on any atom is 0.491 e. The van der Waals surface area contributed by atoms with Crippen LogP contribution >= 0.6 is 0 Å². The minimum absolute atomic E-state index is 0.0238. The van der Waals surface area contributed by atoms with E-state index in [0.29, 0.717) is 36.2 Å². The van der Waals surface area contributed by atoms with Crippen molar-refractivity contribution in [3.8, 4) is 0 Å². The molecule has 0 fully saturated rings. The van der Waals surface area contributed by atoms with Crippen LogP contribution in [0.2, 0.25) is 0 Å². The zero-order valence-electron chi connectivity index (χ0n) is 24.8. The topological polar surface area (TPSA) is 186 Å². The van der Waals surface area contributed by atoms with Gasteiger partial charge >= 0.3 is 13.3 Å². The normalized spacial score (nSPS) is 15.6. The van der Waals surface area contributed by atoms with Crippen molar-refractivity contribution < 1.29 is 37.2 Å². The van der Waals surface area contributed by atoms with Crippen LogP contribution in [0.25, 0.3) is 0 Å². The van der Waals surface area contributed by atoms with Crippen LogP contribution in [0.1, 0.15) is 43.4 Å². The maximum atomic E-state index is 13.4. The lowest BCUT2D eigenvalue weighted by Crippen LogP contribution is -2.51. The van der Waals surface area contributed by atoms with Crippen LogP contribution in [0, 0.1) is 0 Å². The Morgan fingerprint density at radius 3 is 2.30 bits per heavy atom. The fourth-order valence-corrected chi connectivity index (χ4v) is 4.95. The molecule has 0 bridgehead atoms. The molecule has 0 saturated carbocycles. The summed E-state index contributed by atoms with van der Waals surface area (Å²) < 4.78 is 44.8. The number of alkyl halides is 3. The maximum absolute atomic E-state index is 13.4. The molecule has 1 aliphatic rings. The highest BCUT2D eigenvalue weighted by Crippen LogP contribution is 2.29. The average molecular weight is 620 g/mol. The van der Waals surface area contributed by atoms with Crippen molar-refractivity contribution >= 4 is 36.0 Å². The highest BCUT2D eigenvalue weighted by Gasteiger charge is 2.36. The van der Waals surface area contributed by atoms with E-state index in [-0.39, 0.29) is 38.3 Å². The quantitative estimate of drug-likeness (QED) is 0.172. The molecular weight excluding hydrogens is 580 g/mol. The van der Waals surface area contributed by atoms with E-state index >= 15 is 0 Å². The first-order valence-electron chi connectivity index (χ1n) is 14.3. The second-order valence-corrected chi connectivity index (χ2v) is 11.4. The number of hydrogen-bond acceptors (Lipinski definition) is 8. The summed E-state index contributed by atoms with van der Waals surface area (Å²) in [6.07, 6.45) is -4.22. The molecule has 0 saturated heterocycles. The third-order valence-electron chi connectivity index (χ3n) is 7.24. The van der Waals surface area contributed by atoms with Crippen molar-refractivity contribution in [1.29, 1.82) is 0 Å². The molecule has 2 aromatic carbocycles. The second-order valence-electron chi connectivity index (χ2n) is 11.4. The third kappa shape index (κ3) is 9.76. The van der Waals surface area contributed by atoms with Crippen LogP contribution < -0.4 is 33.3 Å². The summed E-state index contributed by atoms with van der Waals surface area (Å²) in [5, 5.41) is 15.8. The molecule has 2 aromatic rings. The van der Waals surface area contributed by atoms with E-state index in [1.165, 1.54) is 17.0 Å². The number of carbonyl (C=O) groups is 3. The third-order valence-corrected chi connectivity index (χ3v) is 7.24. The van der Waals surface area contributed by atoms with E-state index in [4.69, 9.17) is 21.9 Å². The summed E-state index contributed by atoms with van der Waals surface area (Å²) in [5.74, 6) is -1.65. The number of benzene rings is 2. The summed E-state index contributed by atoms with van der Waals surface area (Å²) in [7, 11) is -1.21. The summed E-state index contributed by atoms with van der Waals surface area (Å²) in [5.41, 5.74) is 17.7. The van der Waals surface area contributed by atoms with Crippen molar-refractivity contribution in [2.75, 3.05) is 31.5 Å². The number of nitrogens with zero attached hydrogens (tertiary/aromatic N) is 1. The molecular formula is C29H40BF3N6O5. The summed E-state index contributed by atoms with van der Waals surface area (Å²) in [6.45, 7) is 4.79. The Hall–Kier alpha value is -3.50. The molecule has 44 heavy (non-hydrogen) atoms. The molecule has 0 spiro atoms. The van der Waals surface area contributed by atoms with Gasteiger partial charge in [-0.15, -0.1) is 0 Å². The van der Waals surface area contributed by atoms with Gasteiger partial charge in [0.25, 0.3) is 0 Å². The number of amides is 3. The predicted octanol–water partition coefficient (Wildman–Crippen LogP) is 0.264. The number of rotatable bonds is 13. The molecule has 11 nitrogen and oxygen atoms in total. The number of halogens is 3. The van der Waals surface area contributed by atoms with Crippen LogP contribution in [0.15, 0.2) is 42.5 Å². The molecule has 3 amide bonds. The Morgan fingerprint density at radius 1 is 1.07 bits per heavy atom. The first kappa shape index (κ1) is 35.0. The van der Waals surface area contributed by atoms with Crippen LogP contribution in [-0.4, -0.2) is 78.6 Å². The van der Waals surface area contributed by atoms with Crippen LogP contribution in [0.4, 0.5) is 18.9 Å². The number of hydrogen-bond donors (Lipinski definition) is 6. The molecule has 0 aliphatic carbocycles. The van der Waals surface area contributed by atoms with Gasteiger partial charge in [0.05, 0.1) is 17.2 Å². The van der Waals surface area contributed by atoms with Gasteiger partial charge in [-0.25, -0.2) is 0 Å². The monoisotopic (exact) mass is 620 g/mol. The largest absolute Gasteiger partial charge is 0.491 e. The fraction of sp³-hybridized carbons (Fsp3) is 0.483. The fourth-order valence-electron chi connectivity index (χ4n) is 4.95. The highest BCUT2D eigenvalue weighted by atomic mass is 19.4. The van der Waals surface area contributed by atoms with E-state index in [2.05, 4.69) is 10.6 Å². The number of anilines is 1. The molecule has 9 N–H and O–H groups in total. The molecule has 240 valence electrons. The van der Waals surface area contributed by atoms with Crippen LogP contribution in [0.5, 0.6) is 0 Å². The predicted molar refractivity (Wildman–Crippen MR) is 161 cm³/mol. The molecule has 1 heterocycles. The summed E-state index contributed by atoms with van der Waals surface area (Å²) in [4.78, 5) is 40.5. The van der Waals surface area contributed by atoms with Gasteiger partial charge in [-0.05, 0) is 67.5 Å². The number of fused-ring (bicyclic) bond motifs is 1. The van der Waals surface area contributed by atoms with Crippen molar-refractivity contribution in [2.45, 2.75) is 63.4 Å². The van der Waals surface area contributed by atoms with Crippen LogP contribution in [-0.2, 0) is 38.1 Å². The lowest BCUT2D eigenvalue weighted by molar-refractivity contribution is -0.137. The first-order chi connectivity index (χ1) is 20.6. The number of carbonyl (C=O) groups excluding carboxylic acids is 3. The zero-order chi connectivity index (χ0) is 32.7. The molecule has 0 aromatic heterocycles. The molecule has 0 radical (unpaired) electrons. The van der Waals surface area contributed by atoms with Gasteiger partial charge in [0.15, 0.2) is 0 Å². The average Bonchev–Trinajstić information content (AvgIpc) is 2.94. The second kappa shape index (κ2) is 15.0. The molecule has 2 atom stereocenters. The van der Waals surface area contributed by atoms with E-state index < -0.39 is 48.4 Å². The van der Waals surface area contributed by atoms with Crippen molar-refractivity contribution in [2.24, 2.45) is 17.2 Å². The molecule has 1 aliphatic heterocycles. The Bertz CT molecular complexity index is 1310. The first-order valence-corrected chi connectivity index (χ1v) is 14.3. The van der Waals surface area contributed by atoms with Gasteiger partial charge in [-0.3, -0.25) is 14.4 Å². The highest BCUT2D eigenvalue weighted by molar-refractivity contribution is 6.61. The van der Waals surface area contributed by atoms with Gasteiger partial charge < -0.3 is 42.4 Å². The molecule has 3 rings (SSSR count). The number of nitrogens with one attached hydrogen (secondary N) is 2. The van der Waals surface area contributed by atoms with E-state index in [1.807, 2.05) is 13.8 Å². The lowest BCUT2D eigenvalue weighted by Gasteiger charge is -2.34. The van der Waals surface area contributed by atoms with Gasteiger partial charge in [0, 0.05) is 44.7 Å². The summed E-state index contributed by atoms with van der Waals surface area (Å²) in [6, 6.07) is 6.82. The van der Waals surface area contributed by atoms with Gasteiger partial charge in [-0.1, -0.05) is 18.2 Å². The van der Waals surface area contributed by atoms with Crippen molar-refractivity contribution in [3.05, 3.63) is 59.2 Å². The van der Waals surface area contributed by atoms with Gasteiger partial charge in [0.1, 0.15) is 6.04 Å². The Kier molecular flexibility index (Phi) is 11.9. The van der Waals surface area contributed by atoms with E-state index in [9.17, 15) is 32.6 Å². The Morgan fingerprint density at radius 2 is 1.70 bits per heavy atom. The molecule has 0 unspecified atom stereocenters. The Labute approximate surface area is 254 Å². The Balaban J connectivity index is 1.76. The lowest BCUT2D eigenvalue weighted by atomic mass is 9.70. The van der Waals surface area contributed by atoms with Crippen molar-refractivity contribution in [3.63, 3.8) is 0 Å². The minimum Gasteiger partial charge on any atom is -0.423 e. The van der Waals surface area contributed by atoms with Gasteiger partial charge in [0.2, 0.25) is 17.7 Å². The van der Waals surface area contributed by atoms with E-state index in [0.717, 1.165) is 17.7 Å². The number of nitrogens with two attached hydrogens (primary N) is 3. The van der Waals surface area contributed by atoms with Gasteiger partial charge in [-0.2, -0.15) is 13.2 Å². The minimum atomic E-state index is -4.53. The van der Waals surface area contributed by atoms with E-state index in [1.54, 1.807) is 18.2 Å². The van der Waals surface area contributed by atoms with Crippen LogP contribution in [0.3, 0.4) is 0 Å². The summed E-state index contributed by atoms with van der Waals surface area (Å²) >= 11 is 0. The standard InChI is InChI=1S/C29H40BF3N6O5/c1-28(2)17-19-5-8-21(16-22(19)30(43)44-28)37-27(42)24(15-18-3-6-20(7-4-18)29(31,32)33)38-26(41)23(36)9-10-25(40)39(13-11-34)14-12-35/h3-8,16,23-24,43H,9-15,17,34-36H2,1-2H3,(H,37,42)(H,38,41)/t23-,24+/m0/s1. The van der Waals surface area contributed by atoms with Crippen molar-refractivity contribution in [1.82, 2.24) is 10.2 Å². The smallest absolute Gasteiger partial charge is 0.423 e. The zero-order valence-corrected chi connectivity index (χ0v) is 24.8.